The van der Waals surface area contributed by atoms with Gasteiger partial charge in [-0.2, -0.15) is 0 Å². The molecule has 0 aromatic carbocycles. The highest BCUT2D eigenvalue weighted by Gasteiger charge is 2.22. The van der Waals surface area contributed by atoms with E-state index in [1.807, 2.05) is 24.3 Å². The van der Waals surface area contributed by atoms with Crippen LogP contribution in [0.2, 0.25) is 0 Å². The molecule has 5 nitrogen and oxygen atoms in total. The van der Waals surface area contributed by atoms with Crippen LogP contribution in [0.3, 0.4) is 0 Å². The van der Waals surface area contributed by atoms with Crippen LogP contribution < -0.4 is 5.32 Å². The minimum Gasteiger partial charge on any atom is -0.381 e. The van der Waals surface area contributed by atoms with Crippen LogP contribution in [0, 0.1) is 5.92 Å². The fourth-order valence-electron chi connectivity index (χ4n) is 2.29. The number of aromatic nitrogens is 2. The largest absolute Gasteiger partial charge is 0.381 e. The zero-order chi connectivity index (χ0) is 14.5. The Balaban J connectivity index is 1.58. The standard InChI is InChI=1S/C16H17N3O2/c20-16(14-5-7-21-11-14)19-9-12-3-4-15(18-8-12)13-2-1-6-17-10-13/h1-4,6,8,10,14H,5,7,9,11H2,(H,19,20). The summed E-state index contributed by atoms with van der Waals surface area (Å²) in [5, 5.41) is 2.93. The Morgan fingerprint density at radius 3 is 2.95 bits per heavy atom. The highest BCUT2D eigenvalue weighted by Crippen LogP contribution is 2.15. The number of hydrogen-bond acceptors (Lipinski definition) is 4. The third-order valence-corrected chi connectivity index (χ3v) is 3.55. The van der Waals surface area contributed by atoms with E-state index in [2.05, 4.69) is 15.3 Å². The lowest BCUT2D eigenvalue weighted by Gasteiger charge is -2.09. The lowest BCUT2D eigenvalue weighted by Crippen LogP contribution is -2.30. The first-order valence-electron chi connectivity index (χ1n) is 7.04. The molecule has 0 saturated carbocycles. The molecule has 2 aromatic rings. The second kappa shape index (κ2) is 6.45. The Hall–Kier alpha value is -2.27. The van der Waals surface area contributed by atoms with Crippen molar-refractivity contribution in [1.29, 1.82) is 0 Å². The third kappa shape index (κ3) is 3.44. The average Bonchev–Trinajstić information content (AvgIpc) is 3.08. The highest BCUT2D eigenvalue weighted by molar-refractivity contribution is 5.79. The van der Waals surface area contributed by atoms with Gasteiger partial charge < -0.3 is 10.1 Å². The Kier molecular flexibility index (Phi) is 4.21. The molecule has 3 rings (SSSR count). The second-order valence-corrected chi connectivity index (χ2v) is 5.07. The number of rotatable bonds is 4. The molecule has 0 spiro atoms. The molecule has 1 aliphatic heterocycles. The Morgan fingerprint density at radius 1 is 1.33 bits per heavy atom. The molecule has 1 N–H and O–H groups in total. The van der Waals surface area contributed by atoms with Crippen LogP contribution >= 0.6 is 0 Å². The molecule has 1 amide bonds. The second-order valence-electron chi connectivity index (χ2n) is 5.07. The summed E-state index contributed by atoms with van der Waals surface area (Å²) in [5.41, 5.74) is 2.84. The van der Waals surface area contributed by atoms with E-state index in [1.165, 1.54) is 0 Å². The first kappa shape index (κ1) is 13.7. The molecule has 1 fully saturated rings. The van der Waals surface area contributed by atoms with Crippen molar-refractivity contribution in [2.75, 3.05) is 13.2 Å². The summed E-state index contributed by atoms with van der Waals surface area (Å²) < 4.78 is 5.22. The van der Waals surface area contributed by atoms with Crippen LogP contribution in [0.15, 0.2) is 42.9 Å². The van der Waals surface area contributed by atoms with E-state index < -0.39 is 0 Å². The molecule has 108 valence electrons. The fourth-order valence-corrected chi connectivity index (χ4v) is 2.29. The molecule has 3 heterocycles. The van der Waals surface area contributed by atoms with Gasteiger partial charge in [0.25, 0.3) is 0 Å². The molecule has 5 heteroatoms. The maximum atomic E-state index is 11.9. The van der Waals surface area contributed by atoms with Crippen molar-refractivity contribution in [1.82, 2.24) is 15.3 Å². The summed E-state index contributed by atoms with van der Waals surface area (Å²) >= 11 is 0. The van der Waals surface area contributed by atoms with Gasteiger partial charge in [0, 0.05) is 37.3 Å². The predicted molar refractivity (Wildman–Crippen MR) is 78.2 cm³/mol. The van der Waals surface area contributed by atoms with Crippen molar-refractivity contribution in [2.45, 2.75) is 13.0 Å². The van der Waals surface area contributed by atoms with Gasteiger partial charge in [0.2, 0.25) is 5.91 Å². The predicted octanol–water partition coefficient (Wildman–Crippen LogP) is 1.80. The first-order chi connectivity index (χ1) is 10.3. The van der Waals surface area contributed by atoms with Crippen LogP contribution in [0.1, 0.15) is 12.0 Å². The van der Waals surface area contributed by atoms with Gasteiger partial charge in [-0.3, -0.25) is 14.8 Å². The molecule has 0 bridgehead atoms. The van der Waals surface area contributed by atoms with Gasteiger partial charge in [-0.05, 0) is 30.2 Å². The van der Waals surface area contributed by atoms with E-state index in [4.69, 9.17) is 4.74 Å². The summed E-state index contributed by atoms with van der Waals surface area (Å²) in [6.07, 6.45) is 6.11. The minimum absolute atomic E-state index is 0.00683. The first-order valence-corrected chi connectivity index (χ1v) is 7.04. The van der Waals surface area contributed by atoms with Crippen LogP contribution in [-0.2, 0) is 16.1 Å². The van der Waals surface area contributed by atoms with Crippen LogP contribution in [0.25, 0.3) is 11.3 Å². The summed E-state index contributed by atoms with van der Waals surface area (Å²) in [6.45, 7) is 1.71. The molecule has 1 aliphatic rings. The SMILES string of the molecule is O=C(NCc1ccc(-c2cccnc2)nc1)C1CCOC1. The lowest BCUT2D eigenvalue weighted by atomic mass is 10.1. The van der Waals surface area contributed by atoms with E-state index in [0.29, 0.717) is 19.8 Å². The molecule has 2 aromatic heterocycles. The number of carbonyl (C=O) groups is 1. The zero-order valence-corrected chi connectivity index (χ0v) is 11.7. The summed E-state index contributed by atoms with van der Waals surface area (Å²) in [6, 6.07) is 7.77. The van der Waals surface area contributed by atoms with Crippen molar-refractivity contribution >= 4 is 5.91 Å². The number of nitrogens with zero attached hydrogens (tertiary/aromatic N) is 2. The van der Waals surface area contributed by atoms with Crippen molar-refractivity contribution in [3.8, 4) is 11.3 Å². The zero-order valence-electron chi connectivity index (χ0n) is 11.7. The van der Waals surface area contributed by atoms with E-state index in [9.17, 15) is 4.79 Å². The molecule has 1 atom stereocenters. The molecule has 0 aliphatic carbocycles. The normalized spacial score (nSPS) is 17.6. The van der Waals surface area contributed by atoms with Crippen molar-refractivity contribution in [2.24, 2.45) is 5.92 Å². The number of amides is 1. The maximum absolute atomic E-state index is 11.9. The number of ether oxygens (including phenoxy) is 1. The monoisotopic (exact) mass is 283 g/mol. The van der Waals surface area contributed by atoms with Gasteiger partial charge in [-0.25, -0.2) is 0 Å². The minimum atomic E-state index is -0.00683. The van der Waals surface area contributed by atoms with E-state index in [0.717, 1.165) is 23.2 Å². The molecule has 1 unspecified atom stereocenters. The number of carbonyl (C=O) groups excluding carboxylic acids is 1. The highest BCUT2D eigenvalue weighted by atomic mass is 16.5. The molecule has 1 saturated heterocycles. The summed E-state index contributed by atoms with van der Waals surface area (Å²) in [4.78, 5) is 20.4. The van der Waals surface area contributed by atoms with Gasteiger partial charge >= 0.3 is 0 Å². The van der Waals surface area contributed by atoms with Crippen LogP contribution in [0.5, 0.6) is 0 Å². The summed E-state index contributed by atoms with van der Waals surface area (Å²) in [5.74, 6) is 0.0523. The summed E-state index contributed by atoms with van der Waals surface area (Å²) in [7, 11) is 0. The smallest absolute Gasteiger partial charge is 0.225 e. The topological polar surface area (TPSA) is 64.1 Å². The molecule has 0 radical (unpaired) electrons. The average molecular weight is 283 g/mol. The van der Waals surface area contributed by atoms with Crippen molar-refractivity contribution in [3.05, 3.63) is 48.4 Å². The van der Waals surface area contributed by atoms with E-state index in [-0.39, 0.29) is 11.8 Å². The quantitative estimate of drug-likeness (QED) is 0.929. The lowest BCUT2D eigenvalue weighted by molar-refractivity contribution is -0.125. The van der Waals surface area contributed by atoms with Gasteiger partial charge in [0.1, 0.15) is 0 Å². The van der Waals surface area contributed by atoms with Gasteiger partial charge in [-0.15, -0.1) is 0 Å². The van der Waals surface area contributed by atoms with Gasteiger partial charge in [0.15, 0.2) is 0 Å². The third-order valence-electron chi connectivity index (χ3n) is 3.55. The van der Waals surface area contributed by atoms with Crippen LogP contribution in [-0.4, -0.2) is 29.1 Å². The Bertz CT molecular complexity index is 593. The number of nitrogens with one attached hydrogen (secondary N) is 1. The van der Waals surface area contributed by atoms with E-state index in [1.54, 1.807) is 18.6 Å². The van der Waals surface area contributed by atoms with E-state index >= 15 is 0 Å². The maximum Gasteiger partial charge on any atom is 0.225 e. The number of pyridine rings is 2. The Labute approximate surface area is 123 Å². The Morgan fingerprint density at radius 2 is 2.29 bits per heavy atom. The fraction of sp³-hybridized carbons (Fsp3) is 0.312. The van der Waals surface area contributed by atoms with Crippen LogP contribution in [0.4, 0.5) is 0 Å². The number of hydrogen-bond donors (Lipinski definition) is 1. The van der Waals surface area contributed by atoms with Crippen molar-refractivity contribution in [3.63, 3.8) is 0 Å². The molecular formula is C16H17N3O2. The van der Waals surface area contributed by atoms with Gasteiger partial charge in [0.05, 0.1) is 18.2 Å². The molecular weight excluding hydrogens is 266 g/mol. The van der Waals surface area contributed by atoms with Gasteiger partial charge in [-0.1, -0.05) is 6.07 Å². The van der Waals surface area contributed by atoms with Crippen molar-refractivity contribution < 1.29 is 9.53 Å². The molecule has 21 heavy (non-hydrogen) atoms.